The van der Waals surface area contributed by atoms with Gasteiger partial charge in [-0.2, -0.15) is 0 Å². The zero-order chi connectivity index (χ0) is 17.1. The van der Waals surface area contributed by atoms with Gasteiger partial charge in [0.2, 0.25) is 0 Å². The smallest absolute Gasteiger partial charge is 0.317 e. The fourth-order valence-electron chi connectivity index (χ4n) is 3.94. The number of nitrogens with one attached hydrogen (secondary N) is 1. The predicted octanol–water partition coefficient (Wildman–Crippen LogP) is 1.46. The highest BCUT2D eigenvalue weighted by Crippen LogP contribution is 2.33. The highest BCUT2D eigenvalue weighted by Gasteiger charge is 2.43. The number of likely N-dealkylation sites (tertiary alicyclic amines) is 2. The van der Waals surface area contributed by atoms with E-state index in [2.05, 4.69) is 22.3 Å². The van der Waals surface area contributed by atoms with Gasteiger partial charge < -0.3 is 19.7 Å². The molecule has 3 aliphatic rings. The molecular formula is C19H27N3O3. The van der Waals surface area contributed by atoms with Crippen molar-refractivity contribution in [3.63, 3.8) is 0 Å². The number of hydrogen-bond acceptors (Lipinski definition) is 4. The van der Waals surface area contributed by atoms with Gasteiger partial charge in [-0.05, 0) is 12.0 Å². The Bertz CT molecular complexity index is 573. The zero-order valence-electron chi connectivity index (χ0n) is 14.7. The van der Waals surface area contributed by atoms with E-state index in [1.165, 1.54) is 5.56 Å². The largest absolute Gasteiger partial charge is 0.347 e. The molecule has 25 heavy (non-hydrogen) atoms. The first-order chi connectivity index (χ1) is 12.2. The van der Waals surface area contributed by atoms with Gasteiger partial charge in [-0.3, -0.25) is 4.90 Å². The third kappa shape index (κ3) is 3.81. The Balaban J connectivity index is 1.15. The fourth-order valence-corrected chi connectivity index (χ4v) is 3.94. The number of amides is 2. The topological polar surface area (TPSA) is 54.0 Å². The lowest BCUT2D eigenvalue weighted by atomic mass is 9.99. The first kappa shape index (κ1) is 16.8. The number of nitrogens with zero attached hydrogens (tertiary/aromatic N) is 2. The number of benzene rings is 1. The molecule has 0 aliphatic carbocycles. The summed E-state index contributed by atoms with van der Waals surface area (Å²) in [6.07, 6.45) is 2.75. The summed E-state index contributed by atoms with van der Waals surface area (Å²) in [5, 5.41) is 3.02. The van der Waals surface area contributed by atoms with Crippen molar-refractivity contribution in [1.29, 1.82) is 0 Å². The van der Waals surface area contributed by atoms with Crippen LogP contribution in [0.4, 0.5) is 4.79 Å². The first-order valence-electron chi connectivity index (χ1n) is 9.33. The van der Waals surface area contributed by atoms with Crippen LogP contribution in [0.3, 0.4) is 0 Å². The molecule has 3 saturated heterocycles. The van der Waals surface area contributed by atoms with Crippen molar-refractivity contribution in [2.24, 2.45) is 0 Å². The van der Waals surface area contributed by atoms with Crippen molar-refractivity contribution in [1.82, 2.24) is 15.1 Å². The minimum absolute atomic E-state index is 0.0584. The Morgan fingerprint density at radius 2 is 1.80 bits per heavy atom. The quantitative estimate of drug-likeness (QED) is 0.898. The highest BCUT2D eigenvalue weighted by molar-refractivity contribution is 5.75. The summed E-state index contributed by atoms with van der Waals surface area (Å²) in [5.74, 6) is -0.311. The van der Waals surface area contributed by atoms with Crippen LogP contribution in [0.5, 0.6) is 0 Å². The van der Waals surface area contributed by atoms with Gasteiger partial charge >= 0.3 is 6.03 Å². The molecule has 6 heteroatoms. The fraction of sp³-hybridized carbons (Fsp3) is 0.632. The molecule has 1 aromatic rings. The van der Waals surface area contributed by atoms with Gasteiger partial charge in [-0.1, -0.05) is 30.3 Å². The van der Waals surface area contributed by atoms with Crippen molar-refractivity contribution in [2.75, 3.05) is 45.9 Å². The molecule has 0 unspecified atom stereocenters. The summed E-state index contributed by atoms with van der Waals surface area (Å²) in [7, 11) is 0. The van der Waals surface area contributed by atoms with Crippen LogP contribution in [0.2, 0.25) is 0 Å². The molecule has 0 radical (unpaired) electrons. The third-order valence-electron chi connectivity index (χ3n) is 5.57. The molecule has 3 fully saturated rings. The second kappa shape index (κ2) is 7.32. The molecule has 1 spiro atoms. The summed E-state index contributed by atoms with van der Waals surface area (Å²) in [6.45, 7) is 5.77. The number of urea groups is 1. The van der Waals surface area contributed by atoms with Crippen molar-refractivity contribution >= 4 is 6.03 Å². The lowest BCUT2D eigenvalue weighted by Gasteiger charge is -2.48. The summed E-state index contributed by atoms with van der Waals surface area (Å²) in [6, 6.07) is 10.8. The molecule has 0 saturated carbocycles. The molecule has 2 amide bonds. The predicted molar refractivity (Wildman–Crippen MR) is 94.3 cm³/mol. The zero-order valence-corrected chi connectivity index (χ0v) is 14.7. The second-order valence-electron chi connectivity index (χ2n) is 7.17. The average molecular weight is 345 g/mol. The van der Waals surface area contributed by atoms with Crippen LogP contribution in [-0.2, 0) is 15.9 Å². The van der Waals surface area contributed by atoms with Gasteiger partial charge in [0.1, 0.15) is 0 Å². The molecule has 6 nitrogen and oxygen atoms in total. The van der Waals surface area contributed by atoms with E-state index in [4.69, 9.17) is 9.47 Å². The Morgan fingerprint density at radius 1 is 1.12 bits per heavy atom. The standard InChI is InChI=1S/C19H27N3O3/c23-18(20-9-6-16-4-2-1-3-5-16)22-14-17(15-22)21-10-7-19(8-11-21)24-12-13-25-19/h1-5,17H,6-15H2,(H,20,23). The second-order valence-corrected chi connectivity index (χ2v) is 7.17. The Kier molecular flexibility index (Phi) is 4.92. The number of piperidine rings is 1. The molecule has 1 N–H and O–H groups in total. The van der Waals surface area contributed by atoms with E-state index in [1.807, 2.05) is 23.1 Å². The van der Waals surface area contributed by atoms with Crippen LogP contribution in [0.15, 0.2) is 30.3 Å². The van der Waals surface area contributed by atoms with Gasteiger partial charge in [0.15, 0.2) is 5.79 Å². The van der Waals surface area contributed by atoms with Crippen molar-refractivity contribution < 1.29 is 14.3 Å². The molecule has 1 aromatic carbocycles. The number of carbonyl (C=O) groups excluding carboxylic acids is 1. The first-order valence-corrected chi connectivity index (χ1v) is 9.33. The van der Waals surface area contributed by atoms with Crippen LogP contribution in [0, 0.1) is 0 Å². The van der Waals surface area contributed by atoms with Crippen molar-refractivity contribution in [3.05, 3.63) is 35.9 Å². The van der Waals surface area contributed by atoms with Gasteiger partial charge in [-0.15, -0.1) is 0 Å². The normalized spacial score (nSPS) is 23.6. The van der Waals surface area contributed by atoms with E-state index in [1.54, 1.807) is 0 Å². The van der Waals surface area contributed by atoms with Crippen LogP contribution in [0.1, 0.15) is 18.4 Å². The summed E-state index contributed by atoms with van der Waals surface area (Å²) in [4.78, 5) is 16.6. The number of ether oxygens (including phenoxy) is 2. The number of hydrogen-bond donors (Lipinski definition) is 1. The van der Waals surface area contributed by atoms with Crippen LogP contribution < -0.4 is 5.32 Å². The molecule has 3 heterocycles. The lowest BCUT2D eigenvalue weighted by molar-refractivity contribution is -0.190. The SMILES string of the molecule is O=C(NCCc1ccccc1)N1CC(N2CCC3(CC2)OCCO3)C1. The van der Waals surface area contributed by atoms with Gasteiger partial charge in [0, 0.05) is 51.6 Å². The van der Waals surface area contributed by atoms with E-state index in [0.29, 0.717) is 12.6 Å². The van der Waals surface area contributed by atoms with Crippen LogP contribution >= 0.6 is 0 Å². The van der Waals surface area contributed by atoms with E-state index < -0.39 is 0 Å². The monoisotopic (exact) mass is 345 g/mol. The molecule has 136 valence electrons. The van der Waals surface area contributed by atoms with Crippen molar-refractivity contribution in [2.45, 2.75) is 31.1 Å². The Morgan fingerprint density at radius 3 is 2.48 bits per heavy atom. The van der Waals surface area contributed by atoms with E-state index in [0.717, 1.165) is 58.7 Å². The molecule has 0 aromatic heterocycles. The maximum Gasteiger partial charge on any atom is 0.317 e. The molecule has 0 atom stereocenters. The third-order valence-corrected chi connectivity index (χ3v) is 5.57. The molecule has 4 rings (SSSR count). The van der Waals surface area contributed by atoms with E-state index in [9.17, 15) is 4.79 Å². The average Bonchev–Trinajstić information content (AvgIpc) is 3.05. The summed E-state index contributed by atoms with van der Waals surface area (Å²) in [5.41, 5.74) is 1.25. The number of carbonyl (C=O) groups is 1. The summed E-state index contributed by atoms with van der Waals surface area (Å²) < 4.78 is 11.6. The van der Waals surface area contributed by atoms with Gasteiger partial charge in [0.05, 0.1) is 13.2 Å². The van der Waals surface area contributed by atoms with E-state index >= 15 is 0 Å². The maximum atomic E-state index is 12.2. The van der Waals surface area contributed by atoms with Gasteiger partial charge in [0.25, 0.3) is 0 Å². The molecular weight excluding hydrogens is 318 g/mol. The Hall–Kier alpha value is -1.63. The number of rotatable bonds is 4. The molecule has 3 aliphatic heterocycles. The highest BCUT2D eigenvalue weighted by atomic mass is 16.7. The van der Waals surface area contributed by atoms with E-state index in [-0.39, 0.29) is 11.8 Å². The van der Waals surface area contributed by atoms with Crippen LogP contribution in [0.25, 0.3) is 0 Å². The Labute approximate surface area is 149 Å². The minimum atomic E-state index is -0.311. The van der Waals surface area contributed by atoms with Gasteiger partial charge in [-0.25, -0.2) is 4.79 Å². The lowest BCUT2D eigenvalue weighted by Crippen LogP contribution is -2.64. The minimum Gasteiger partial charge on any atom is -0.347 e. The van der Waals surface area contributed by atoms with Crippen LogP contribution in [-0.4, -0.2) is 73.6 Å². The maximum absolute atomic E-state index is 12.2. The molecule has 0 bridgehead atoms. The summed E-state index contributed by atoms with van der Waals surface area (Å²) >= 11 is 0. The van der Waals surface area contributed by atoms with Crippen molar-refractivity contribution in [3.8, 4) is 0 Å².